The van der Waals surface area contributed by atoms with E-state index in [1.165, 1.54) is 74.7 Å². The molecule has 0 bridgehead atoms. The van der Waals surface area contributed by atoms with Crippen molar-refractivity contribution in [2.45, 2.75) is 64.0 Å². The summed E-state index contributed by atoms with van der Waals surface area (Å²) < 4.78 is 0. The number of thiophene rings is 1. The summed E-state index contributed by atoms with van der Waals surface area (Å²) in [5, 5.41) is 3.40. The lowest BCUT2D eigenvalue weighted by atomic mass is 9.82. The lowest BCUT2D eigenvalue weighted by Crippen LogP contribution is -2.39. The van der Waals surface area contributed by atoms with Gasteiger partial charge in [-0.3, -0.25) is 4.90 Å². The highest BCUT2D eigenvalue weighted by molar-refractivity contribution is 9.09. The summed E-state index contributed by atoms with van der Waals surface area (Å²) in [6.45, 7) is 2.48. The second-order valence-electron chi connectivity index (χ2n) is 6.76. The molecule has 3 rings (SSSR count). The minimum absolute atomic E-state index is 0.538. The average Bonchev–Trinajstić information content (AvgIpc) is 3.23. The van der Waals surface area contributed by atoms with E-state index in [1.807, 2.05) is 11.3 Å². The van der Waals surface area contributed by atoms with Crippen LogP contribution >= 0.6 is 27.3 Å². The summed E-state index contributed by atoms with van der Waals surface area (Å²) in [5.41, 5.74) is 0.538. The van der Waals surface area contributed by atoms with Crippen LogP contribution in [0.2, 0.25) is 0 Å². The number of hydrogen-bond acceptors (Lipinski definition) is 2. The molecule has 0 saturated heterocycles. The molecule has 0 N–H and O–H groups in total. The minimum Gasteiger partial charge on any atom is -0.295 e. The van der Waals surface area contributed by atoms with E-state index in [0.29, 0.717) is 5.41 Å². The standard InChI is InChI=1S/C17H26BrNS/c18-13-17(9-3-1-2-4-10-17)14-19(15-7-8-15)12-16-6-5-11-20-16/h5-6,11,15H,1-4,7-10,12-14H2. The maximum absolute atomic E-state index is 3.85. The van der Waals surface area contributed by atoms with Crippen LogP contribution in [-0.4, -0.2) is 22.8 Å². The van der Waals surface area contributed by atoms with Crippen LogP contribution in [0.5, 0.6) is 0 Å². The molecule has 2 saturated carbocycles. The van der Waals surface area contributed by atoms with Crippen molar-refractivity contribution in [3.63, 3.8) is 0 Å². The normalized spacial score (nSPS) is 22.9. The number of nitrogens with zero attached hydrogens (tertiary/aromatic N) is 1. The number of alkyl halides is 1. The topological polar surface area (TPSA) is 3.24 Å². The van der Waals surface area contributed by atoms with E-state index in [2.05, 4.69) is 38.3 Å². The maximum Gasteiger partial charge on any atom is 0.0331 e. The lowest BCUT2D eigenvalue weighted by molar-refractivity contribution is 0.139. The summed E-state index contributed by atoms with van der Waals surface area (Å²) in [5.74, 6) is 0. The highest BCUT2D eigenvalue weighted by Gasteiger charge is 2.37. The molecule has 2 fully saturated rings. The van der Waals surface area contributed by atoms with Crippen molar-refractivity contribution in [2.75, 3.05) is 11.9 Å². The molecule has 0 radical (unpaired) electrons. The third-order valence-electron chi connectivity index (χ3n) is 4.99. The Morgan fingerprint density at radius 3 is 2.50 bits per heavy atom. The molecular weight excluding hydrogens is 330 g/mol. The van der Waals surface area contributed by atoms with Gasteiger partial charge < -0.3 is 0 Å². The van der Waals surface area contributed by atoms with Crippen molar-refractivity contribution in [2.24, 2.45) is 5.41 Å². The zero-order valence-corrected chi connectivity index (χ0v) is 14.7. The van der Waals surface area contributed by atoms with Gasteiger partial charge in [-0.25, -0.2) is 0 Å². The molecule has 0 unspecified atom stereocenters. The van der Waals surface area contributed by atoms with Crippen LogP contribution in [0.25, 0.3) is 0 Å². The molecule has 3 heteroatoms. The predicted octanol–water partition coefficient (Wildman–Crippen LogP) is 5.45. The summed E-state index contributed by atoms with van der Waals surface area (Å²) in [7, 11) is 0. The van der Waals surface area contributed by atoms with Gasteiger partial charge >= 0.3 is 0 Å². The first-order valence-electron chi connectivity index (χ1n) is 8.14. The van der Waals surface area contributed by atoms with Crippen LogP contribution in [0.3, 0.4) is 0 Å². The second kappa shape index (κ2) is 6.93. The number of rotatable bonds is 6. The molecule has 0 spiro atoms. The maximum atomic E-state index is 3.85. The molecule has 0 atom stereocenters. The lowest BCUT2D eigenvalue weighted by Gasteiger charge is -2.37. The first-order valence-corrected chi connectivity index (χ1v) is 10.1. The van der Waals surface area contributed by atoms with Crippen molar-refractivity contribution < 1.29 is 0 Å². The Hall–Kier alpha value is 0.140. The first kappa shape index (κ1) is 15.1. The van der Waals surface area contributed by atoms with E-state index in [1.54, 1.807) is 0 Å². The fraction of sp³-hybridized carbons (Fsp3) is 0.765. The van der Waals surface area contributed by atoms with Gasteiger partial charge in [0.2, 0.25) is 0 Å². The third-order valence-corrected chi connectivity index (χ3v) is 7.04. The van der Waals surface area contributed by atoms with Gasteiger partial charge in [-0.15, -0.1) is 11.3 Å². The van der Waals surface area contributed by atoms with Crippen LogP contribution in [0.4, 0.5) is 0 Å². The van der Waals surface area contributed by atoms with E-state index in [-0.39, 0.29) is 0 Å². The summed E-state index contributed by atoms with van der Waals surface area (Å²) in [4.78, 5) is 4.33. The largest absolute Gasteiger partial charge is 0.295 e. The van der Waals surface area contributed by atoms with Crippen LogP contribution < -0.4 is 0 Å². The van der Waals surface area contributed by atoms with E-state index >= 15 is 0 Å². The van der Waals surface area contributed by atoms with Crippen molar-refractivity contribution >= 4 is 27.3 Å². The molecule has 0 aromatic carbocycles. The number of halogens is 1. The molecule has 1 heterocycles. The quantitative estimate of drug-likeness (QED) is 0.484. The van der Waals surface area contributed by atoms with Crippen LogP contribution in [-0.2, 0) is 6.54 Å². The fourth-order valence-electron chi connectivity index (χ4n) is 3.60. The van der Waals surface area contributed by atoms with Gasteiger partial charge in [0.1, 0.15) is 0 Å². The molecule has 1 aromatic heterocycles. The molecule has 0 aliphatic heterocycles. The van der Waals surface area contributed by atoms with Gasteiger partial charge in [0.05, 0.1) is 0 Å². The van der Waals surface area contributed by atoms with Crippen LogP contribution in [0, 0.1) is 5.41 Å². The van der Waals surface area contributed by atoms with Gasteiger partial charge in [-0.1, -0.05) is 47.7 Å². The summed E-state index contributed by atoms with van der Waals surface area (Å²) in [6.07, 6.45) is 11.4. The van der Waals surface area contributed by atoms with Crippen molar-refractivity contribution in [3.05, 3.63) is 22.4 Å². The molecule has 1 aromatic rings. The van der Waals surface area contributed by atoms with E-state index < -0.39 is 0 Å². The zero-order valence-electron chi connectivity index (χ0n) is 12.3. The molecular formula is C17H26BrNS. The molecule has 1 nitrogen and oxygen atoms in total. The Balaban J connectivity index is 1.67. The van der Waals surface area contributed by atoms with Gasteiger partial charge in [0.25, 0.3) is 0 Å². The summed E-state index contributed by atoms with van der Waals surface area (Å²) >= 11 is 5.77. The minimum atomic E-state index is 0.538. The Morgan fingerprint density at radius 2 is 1.95 bits per heavy atom. The highest BCUT2D eigenvalue weighted by Crippen LogP contribution is 2.40. The average molecular weight is 356 g/mol. The van der Waals surface area contributed by atoms with E-state index in [9.17, 15) is 0 Å². The highest BCUT2D eigenvalue weighted by atomic mass is 79.9. The number of hydrogen-bond donors (Lipinski definition) is 0. The third kappa shape index (κ3) is 3.86. The van der Waals surface area contributed by atoms with Crippen LogP contribution in [0.15, 0.2) is 17.5 Å². The molecule has 112 valence electrons. The first-order chi connectivity index (χ1) is 9.81. The van der Waals surface area contributed by atoms with E-state index in [0.717, 1.165) is 6.04 Å². The van der Waals surface area contributed by atoms with Gasteiger partial charge in [0.15, 0.2) is 0 Å². The van der Waals surface area contributed by atoms with Gasteiger partial charge in [-0.2, -0.15) is 0 Å². The zero-order chi connectivity index (χ0) is 13.8. The van der Waals surface area contributed by atoms with Gasteiger partial charge in [-0.05, 0) is 42.5 Å². The Kier molecular flexibility index (Phi) is 5.22. The smallest absolute Gasteiger partial charge is 0.0331 e. The SMILES string of the molecule is BrCC1(CN(Cc2cccs2)C2CC2)CCCCCC1. The fourth-order valence-corrected chi connectivity index (χ4v) is 5.07. The Labute approximate surface area is 135 Å². The van der Waals surface area contributed by atoms with E-state index in [4.69, 9.17) is 0 Å². The van der Waals surface area contributed by atoms with Crippen molar-refractivity contribution in [3.8, 4) is 0 Å². The molecule has 2 aliphatic carbocycles. The second-order valence-corrected chi connectivity index (χ2v) is 8.36. The van der Waals surface area contributed by atoms with Crippen molar-refractivity contribution in [1.29, 1.82) is 0 Å². The Morgan fingerprint density at radius 1 is 1.20 bits per heavy atom. The van der Waals surface area contributed by atoms with Crippen molar-refractivity contribution in [1.82, 2.24) is 4.90 Å². The predicted molar refractivity (Wildman–Crippen MR) is 91.7 cm³/mol. The molecule has 2 aliphatic rings. The Bertz CT molecular complexity index is 391. The van der Waals surface area contributed by atoms with Crippen LogP contribution in [0.1, 0.15) is 56.2 Å². The molecule has 20 heavy (non-hydrogen) atoms. The molecule has 0 amide bonds. The van der Waals surface area contributed by atoms with Gasteiger partial charge in [0, 0.05) is 29.3 Å². The summed E-state index contributed by atoms with van der Waals surface area (Å²) in [6, 6.07) is 5.36. The monoisotopic (exact) mass is 355 g/mol.